The summed E-state index contributed by atoms with van der Waals surface area (Å²) in [4.78, 5) is 63.1. The molecule has 5 atom stereocenters. The Hall–Kier alpha value is -4.63. The summed E-state index contributed by atoms with van der Waals surface area (Å²) in [7, 11) is 0. The molecule has 43 heavy (non-hydrogen) atoms. The average Bonchev–Trinajstić information content (AvgIpc) is 2.95. The van der Waals surface area contributed by atoms with Crippen LogP contribution in [0.3, 0.4) is 0 Å². The third-order valence-corrected chi connectivity index (χ3v) is 8.07. The van der Waals surface area contributed by atoms with Gasteiger partial charge in [-0.3, -0.25) is 14.4 Å². The zero-order chi connectivity index (χ0) is 31.4. The lowest BCUT2D eigenvalue weighted by molar-refractivity contribution is -0.238. The quantitative estimate of drug-likeness (QED) is 0.0840. The number of hydrogen-bond acceptors (Lipinski definition) is 12. The number of phenols is 2. The second kappa shape index (κ2) is 10.9. The number of aromatic hydroxyl groups is 2. The predicted octanol–water partition coefficient (Wildman–Crippen LogP) is 0.316. The molecule has 0 amide bonds. The maximum Gasteiger partial charge on any atom is 0.344 e. The van der Waals surface area contributed by atoms with Gasteiger partial charge in [-0.1, -0.05) is 24.3 Å². The van der Waals surface area contributed by atoms with Crippen LogP contribution in [0.5, 0.6) is 11.5 Å². The maximum atomic E-state index is 13.5. The molecule has 5 rings (SSSR count). The van der Waals surface area contributed by atoms with Crippen molar-refractivity contribution in [2.45, 2.75) is 56.3 Å². The SMILES string of the molecule is CC(=O)C1(NC=C(C(=O)O)C(=O)O)Cc2c(O)c3c(c(O)c2C(OC2CC(O)C(O)CO2)C1)C(=O)c1ccccc1C3=O. The van der Waals surface area contributed by atoms with Crippen molar-refractivity contribution in [2.24, 2.45) is 0 Å². The first kappa shape index (κ1) is 29.8. The van der Waals surface area contributed by atoms with Crippen LogP contribution in [0.15, 0.2) is 36.0 Å². The second-order valence-corrected chi connectivity index (χ2v) is 10.6. The molecule has 0 spiro atoms. The van der Waals surface area contributed by atoms with Crippen LogP contribution in [-0.4, -0.2) is 90.6 Å². The second-order valence-electron chi connectivity index (χ2n) is 10.6. The van der Waals surface area contributed by atoms with Gasteiger partial charge in [-0.15, -0.1) is 0 Å². The Kier molecular flexibility index (Phi) is 7.56. The Morgan fingerprint density at radius 3 is 2.09 bits per heavy atom. The molecule has 226 valence electrons. The summed E-state index contributed by atoms with van der Waals surface area (Å²) in [6.07, 6.45) is -5.57. The fraction of sp³-hybridized carbons (Fsp3) is 0.345. The Morgan fingerprint density at radius 1 is 0.977 bits per heavy atom. The Labute approximate surface area is 242 Å². The van der Waals surface area contributed by atoms with Crippen LogP contribution in [0.2, 0.25) is 0 Å². The Bertz CT molecular complexity index is 1600. The van der Waals surface area contributed by atoms with Crippen molar-refractivity contribution < 1.29 is 64.1 Å². The molecule has 0 aromatic heterocycles. The molecular weight excluding hydrogens is 570 g/mol. The molecule has 2 aromatic carbocycles. The van der Waals surface area contributed by atoms with E-state index in [1.165, 1.54) is 24.3 Å². The molecule has 2 aromatic rings. The minimum Gasteiger partial charge on any atom is -0.507 e. The molecule has 1 saturated heterocycles. The van der Waals surface area contributed by atoms with Crippen molar-refractivity contribution in [3.63, 3.8) is 0 Å². The number of ether oxygens (including phenoxy) is 2. The molecule has 7 N–H and O–H groups in total. The summed E-state index contributed by atoms with van der Waals surface area (Å²) in [6.45, 7) is 0.803. The number of aliphatic hydroxyl groups excluding tert-OH is 2. The van der Waals surface area contributed by atoms with E-state index < -0.39 is 100 Å². The van der Waals surface area contributed by atoms with E-state index in [2.05, 4.69) is 5.32 Å². The minimum absolute atomic E-state index is 0.00425. The Balaban J connectivity index is 1.70. The van der Waals surface area contributed by atoms with Crippen LogP contribution in [0, 0.1) is 0 Å². The average molecular weight is 598 g/mol. The van der Waals surface area contributed by atoms with Gasteiger partial charge >= 0.3 is 11.9 Å². The molecule has 14 nitrogen and oxygen atoms in total. The number of rotatable bonds is 7. The number of ketones is 3. The van der Waals surface area contributed by atoms with Crippen LogP contribution in [0.1, 0.15) is 68.8 Å². The van der Waals surface area contributed by atoms with Gasteiger partial charge in [0.2, 0.25) is 0 Å². The monoisotopic (exact) mass is 597 g/mol. The van der Waals surface area contributed by atoms with Crippen molar-refractivity contribution in [2.75, 3.05) is 6.61 Å². The van der Waals surface area contributed by atoms with E-state index in [1.54, 1.807) is 0 Å². The number of carbonyl (C=O) groups excluding carboxylic acids is 3. The largest absolute Gasteiger partial charge is 0.507 e. The lowest BCUT2D eigenvalue weighted by atomic mass is 9.70. The zero-order valence-corrected chi connectivity index (χ0v) is 22.6. The molecule has 1 fully saturated rings. The van der Waals surface area contributed by atoms with Crippen molar-refractivity contribution >= 4 is 29.3 Å². The molecule has 1 aliphatic heterocycles. The highest BCUT2D eigenvalue weighted by atomic mass is 16.7. The van der Waals surface area contributed by atoms with E-state index in [0.717, 1.165) is 6.92 Å². The molecule has 3 aliphatic rings. The maximum absolute atomic E-state index is 13.5. The van der Waals surface area contributed by atoms with E-state index in [4.69, 9.17) is 9.47 Å². The number of phenolic OH excluding ortho intramolecular Hbond substituents is 2. The Morgan fingerprint density at radius 2 is 1.56 bits per heavy atom. The number of nitrogens with one attached hydrogen (secondary N) is 1. The molecular formula is C29H27NO13. The van der Waals surface area contributed by atoms with Crippen molar-refractivity contribution in [1.29, 1.82) is 0 Å². The van der Waals surface area contributed by atoms with Crippen molar-refractivity contribution in [3.8, 4) is 11.5 Å². The topological polar surface area (TPSA) is 237 Å². The summed E-state index contributed by atoms with van der Waals surface area (Å²) in [5.74, 6) is -7.19. The van der Waals surface area contributed by atoms with Gasteiger partial charge in [-0.2, -0.15) is 0 Å². The number of fused-ring (bicyclic) bond motifs is 3. The first-order chi connectivity index (χ1) is 20.3. The summed E-state index contributed by atoms with van der Waals surface area (Å²) >= 11 is 0. The van der Waals surface area contributed by atoms with Crippen LogP contribution in [0.25, 0.3) is 0 Å². The highest BCUT2D eigenvalue weighted by Crippen LogP contribution is 2.52. The third kappa shape index (κ3) is 4.93. The molecule has 0 radical (unpaired) electrons. The molecule has 14 heteroatoms. The zero-order valence-electron chi connectivity index (χ0n) is 22.6. The molecule has 0 bridgehead atoms. The van der Waals surface area contributed by atoms with Gasteiger partial charge < -0.3 is 45.4 Å². The van der Waals surface area contributed by atoms with Gasteiger partial charge in [-0.05, 0) is 6.92 Å². The number of hydrogen-bond donors (Lipinski definition) is 7. The van der Waals surface area contributed by atoms with Gasteiger partial charge in [0, 0.05) is 47.7 Å². The predicted molar refractivity (Wildman–Crippen MR) is 141 cm³/mol. The van der Waals surface area contributed by atoms with Crippen LogP contribution in [0.4, 0.5) is 0 Å². The number of benzene rings is 2. The summed E-state index contributed by atoms with van der Waals surface area (Å²) in [5.41, 5.74) is -4.30. The fourth-order valence-electron chi connectivity index (χ4n) is 5.74. The van der Waals surface area contributed by atoms with Crippen LogP contribution < -0.4 is 5.32 Å². The van der Waals surface area contributed by atoms with Gasteiger partial charge in [-0.25, -0.2) is 9.59 Å². The molecule has 5 unspecified atom stereocenters. The number of aliphatic hydroxyl groups is 2. The number of aliphatic carboxylic acids is 2. The molecule has 0 saturated carbocycles. The molecule has 2 aliphatic carbocycles. The van der Waals surface area contributed by atoms with Crippen LogP contribution >= 0.6 is 0 Å². The van der Waals surface area contributed by atoms with Crippen LogP contribution in [-0.2, 0) is 30.3 Å². The smallest absolute Gasteiger partial charge is 0.344 e. The summed E-state index contributed by atoms with van der Waals surface area (Å²) in [5, 5.41) is 64.2. The van der Waals surface area contributed by atoms with E-state index in [1.807, 2.05) is 0 Å². The minimum atomic E-state index is -1.85. The number of carbonyl (C=O) groups is 5. The highest BCUT2D eigenvalue weighted by molar-refractivity contribution is 6.30. The standard InChI is InChI=1S/C29H27NO13/c1-11(31)29(30-9-15(27(38)39)28(40)41)7-14-20(18(8-29)43-19-6-16(32)17(33)10-42-19)26(37)22-21(25(14)36)23(34)12-4-2-3-5-13(12)24(22)35/h2-5,9,16-19,30,32-33,36-37H,6-8,10H2,1H3,(H,38,39)(H,40,41). The molecule has 1 heterocycles. The normalized spacial score (nSPS) is 26.0. The van der Waals surface area contributed by atoms with E-state index >= 15 is 0 Å². The first-order valence-corrected chi connectivity index (χ1v) is 13.1. The van der Waals surface area contributed by atoms with E-state index in [0.29, 0.717) is 6.20 Å². The summed E-state index contributed by atoms with van der Waals surface area (Å²) in [6, 6.07) is 5.82. The number of carboxylic acids is 2. The van der Waals surface area contributed by atoms with Crippen molar-refractivity contribution in [3.05, 3.63) is 69.4 Å². The number of Topliss-reactive ketones (excluding diaryl/α,β-unsaturated/α-hetero) is 1. The third-order valence-electron chi connectivity index (χ3n) is 8.07. The first-order valence-electron chi connectivity index (χ1n) is 13.1. The highest BCUT2D eigenvalue weighted by Gasteiger charge is 2.49. The van der Waals surface area contributed by atoms with E-state index in [9.17, 15) is 54.6 Å². The van der Waals surface area contributed by atoms with Gasteiger partial charge in [0.25, 0.3) is 0 Å². The lowest BCUT2D eigenvalue weighted by Crippen LogP contribution is -2.55. The number of carboxylic acid groups (broad SMARTS) is 2. The fourth-order valence-corrected chi connectivity index (χ4v) is 5.74. The summed E-state index contributed by atoms with van der Waals surface area (Å²) < 4.78 is 11.5. The van der Waals surface area contributed by atoms with Gasteiger partial charge in [0.05, 0.1) is 29.9 Å². The van der Waals surface area contributed by atoms with Gasteiger partial charge in [0.1, 0.15) is 23.1 Å². The lowest BCUT2D eigenvalue weighted by Gasteiger charge is -2.43. The van der Waals surface area contributed by atoms with Crippen molar-refractivity contribution in [1.82, 2.24) is 5.32 Å². The van der Waals surface area contributed by atoms with Gasteiger partial charge in [0.15, 0.2) is 29.2 Å². The van der Waals surface area contributed by atoms with E-state index in [-0.39, 0.29) is 35.3 Å².